The Morgan fingerprint density at radius 1 is 1.38 bits per heavy atom. The van der Waals surface area contributed by atoms with Gasteiger partial charge in [-0.3, -0.25) is 9.59 Å². The molecule has 1 fully saturated rings. The summed E-state index contributed by atoms with van der Waals surface area (Å²) in [6.45, 7) is 0.465. The Bertz CT molecular complexity index is 660. The third-order valence-electron chi connectivity index (χ3n) is 3.77. The molecule has 1 saturated heterocycles. The molecule has 0 bridgehead atoms. The van der Waals surface area contributed by atoms with Gasteiger partial charge in [0.05, 0.1) is 5.92 Å². The van der Waals surface area contributed by atoms with Crippen LogP contribution in [0, 0.1) is 5.92 Å². The molecular formula is C17H19ClN2O4. The van der Waals surface area contributed by atoms with Gasteiger partial charge in [0.1, 0.15) is 0 Å². The Morgan fingerprint density at radius 2 is 2.17 bits per heavy atom. The summed E-state index contributed by atoms with van der Waals surface area (Å²) in [6, 6.07) is 6.99. The number of amides is 2. The quantitative estimate of drug-likeness (QED) is 0.645. The molecule has 0 radical (unpaired) electrons. The van der Waals surface area contributed by atoms with Gasteiger partial charge in [-0.05, 0) is 36.6 Å². The number of esters is 1. The van der Waals surface area contributed by atoms with Gasteiger partial charge in [-0.1, -0.05) is 23.7 Å². The van der Waals surface area contributed by atoms with Gasteiger partial charge in [0.2, 0.25) is 5.91 Å². The van der Waals surface area contributed by atoms with Crippen LogP contribution in [-0.4, -0.2) is 42.4 Å². The first-order valence-corrected chi connectivity index (χ1v) is 8.01. The minimum atomic E-state index is -0.619. The zero-order chi connectivity index (χ0) is 17.5. The largest absolute Gasteiger partial charge is 0.452 e. The Labute approximate surface area is 145 Å². The third-order valence-corrected chi connectivity index (χ3v) is 4.01. The predicted molar refractivity (Wildman–Crippen MR) is 89.9 cm³/mol. The molecule has 7 heteroatoms. The fraction of sp³-hybridized carbons (Fsp3) is 0.353. The number of carbonyl (C=O) groups excluding carboxylic acids is 3. The molecule has 2 rings (SSSR count). The highest BCUT2D eigenvalue weighted by atomic mass is 35.5. The van der Waals surface area contributed by atoms with E-state index in [0.717, 1.165) is 5.56 Å². The lowest BCUT2D eigenvalue weighted by molar-refractivity contribution is -0.149. The highest BCUT2D eigenvalue weighted by Gasteiger charge is 2.27. The maximum atomic E-state index is 12.0. The van der Waals surface area contributed by atoms with Gasteiger partial charge in [-0.2, -0.15) is 0 Å². The second kappa shape index (κ2) is 8.49. The number of benzene rings is 1. The van der Waals surface area contributed by atoms with Gasteiger partial charge in [-0.25, -0.2) is 4.79 Å². The van der Waals surface area contributed by atoms with Crippen LogP contribution in [-0.2, 0) is 19.1 Å². The molecule has 0 aliphatic carbocycles. The SMILES string of the molecule is NC(=O)[C@H]1CCCN(C(=O)COC(=O)/C=C/c2cccc(Cl)c2)C1. The predicted octanol–water partition coefficient (Wildman–Crippen LogP) is 1.62. The van der Waals surface area contributed by atoms with Crippen LogP contribution < -0.4 is 5.73 Å². The van der Waals surface area contributed by atoms with Crippen LogP contribution in [0.1, 0.15) is 18.4 Å². The number of hydrogen-bond acceptors (Lipinski definition) is 4. The number of ether oxygens (including phenoxy) is 1. The third kappa shape index (κ3) is 5.38. The topological polar surface area (TPSA) is 89.7 Å². The molecule has 0 aromatic heterocycles. The van der Waals surface area contributed by atoms with E-state index in [9.17, 15) is 14.4 Å². The Hall–Kier alpha value is -2.34. The smallest absolute Gasteiger partial charge is 0.331 e. The van der Waals surface area contributed by atoms with E-state index in [-0.39, 0.29) is 25.0 Å². The van der Waals surface area contributed by atoms with Crippen LogP contribution >= 0.6 is 11.6 Å². The van der Waals surface area contributed by atoms with Crippen molar-refractivity contribution in [3.8, 4) is 0 Å². The molecular weight excluding hydrogens is 332 g/mol. The number of nitrogens with two attached hydrogens (primary N) is 1. The van der Waals surface area contributed by atoms with Gasteiger partial charge >= 0.3 is 5.97 Å². The van der Waals surface area contributed by atoms with Gasteiger partial charge < -0.3 is 15.4 Å². The summed E-state index contributed by atoms with van der Waals surface area (Å²) in [5.41, 5.74) is 6.03. The monoisotopic (exact) mass is 350 g/mol. The molecule has 1 aromatic rings. The van der Waals surface area contributed by atoms with Crippen molar-refractivity contribution in [1.82, 2.24) is 4.90 Å². The lowest BCUT2D eigenvalue weighted by Crippen LogP contribution is -2.45. The molecule has 1 atom stereocenters. The summed E-state index contributed by atoms with van der Waals surface area (Å²) in [4.78, 5) is 36.4. The fourth-order valence-corrected chi connectivity index (χ4v) is 2.68. The van der Waals surface area contributed by atoms with Crippen molar-refractivity contribution in [2.75, 3.05) is 19.7 Å². The number of primary amides is 1. The molecule has 24 heavy (non-hydrogen) atoms. The fourth-order valence-electron chi connectivity index (χ4n) is 2.48. The Balaban J connectivity index is 1.80. The van der Waals surface area contributed by atoms with Gasteiger partial charge in [-0.15, -0.1) is 0 Å². The van der Waals surface area contributed by atoms with Crippen molar-refractivity contribution in [2.24, 2.45) is 11.7 Å². The van der Waals surface area contributed by atoms with Gasteiger partial charge in [0.15, 0.2) is 6.61 Å². The van der Waals surface area contributed by atoms with Gasteiger partial charge in [0, 0.05) is 24.2 Å². The molecule has 1 heterocycles. The molecule has 0 saturated carbocycles. The highest BCUT2D eigenvalue weighted by Crippen LogP contribution is 2.16. The lowest BCUT2D eigenvalue weighted by atomic mass is 9.97. The summed E-state index contributed by atoms with van der Waals surface area (Å²) in [5.74, 6) is -1.69. The van der Waals surface area contributed by atoms with Crippen molar-refractivity contribution in [3.63, 3.8) is 0 Å². The number of likely N-dealkylation sites (tertiary alicyclic amines) is 1. The summed E-state index contributed by atoms with van der Waals surface area (Å²) < 4.78 is 4.94. The molecule has 6 nitrogen and oxygen atoms in total. The van der Waals surface area contributed by atoms with Crippen LogP contribution in [0.3, 0.4) is 0 Å². The van der Waals surface area contributed by atoms with E-state index < -0.39 is 11.9 Å². The molecule has 0 unspecified atom stereocenters. The maximum Gasteiger partial charge on any atom is 0.331 e. The average Bonchev–Trinajstić information content (AvgIpc) is 2.58. The number of halogens is 1. The van der Waals surface area contributed by atoms with Crippen molar-refractivity contribution in [1.29, 1.82) is 0 Å². The Kier molecular flexibility index (Phi) is 6.37. The normalized spacial score (nSPS) is 17.7. The first-order valence-electron chi connectivity index (χ1n) is 7.63. The number of hydrogen-bond donors (Lipinski definition) is 1. The Morgan fingerprint density at radius 3 is 2.88 bits per heavy atom. The van der Waals surface area contributed by atoms with Crippen LogP contribution in [0.2, 0.25) is 5.02 Å². The van der Waals surface area contributed by atoms with Gasteiger partial charge in [0.25, 0.3) is 5.91 Å². The molecule has 1 aliphatic rings. The molecule has 2 N–H and O–H groups in total. The van der Waals surface area contributed by atoms with Crippen LogP contribution in [0.5, 0.6) is 0 Å². The van der Waals surface area contributed by atoms with Crippen LogP contribution in [0.4, 0.5) is 0 Å². The van der Waals surface area contributed by atoms with E-state index in [0.29, 0.717) is 24.4 Å². The molecule has 2 amide bonds. The molecule has 1 aromatic carbocycles. The minimum absolute atomic E-state index is 0.282. The molecule has 1 aliphatic heterocycles. The lowest BCUT2D eigenvalue weighted by Gasteiger charge is -2.30. The second-order valence-corrected chi connectivity index (χ2v) is 6.01. The summed E-state index contributed by atoms with van der Waals surface area (Å²) >= 11 is 5.85. The number of piperidine rings is 1. The van der Waals surface area contributed by atoms with Crippen molar-refractivity contribution in [2.45, 2.75) is 12.8 Å². The van der Waals surface area contributed by atoms with E-state index in [1.165, 1.54) is 11.0 Å². The van der Waals surface area contributed by atoms with E-state index in [2.05, 4.69) is 0 Å². The van der Waals surface area contributed by atoms with E-state index in [4.69, 9.17) is 22.1 Å². The molecule has 128 valence electrons. The zero-order valence-electron chi connectivity index (χ0n) is 13.1. The minimum Gasteiger partial charge on any atom is -0.452 e. The first kappa shape index (κ1) is 18.0. The standard InChI is InChI=1S/C17H19ClN2O4/c18-14-5-1-3-12(9-14)6-7-16(22)24-11-15(21)20-8-2-4-13(10-20)17(19)23/h1,3,5-7,9,13H,2,4,8,10-11H2,(H2,19,23)/b7-6+/t13-/m0/s1. The number of carbonyl (C=O) groups is 3. The average molecular weight is 351 g/mol. The van der Waals surface area contributed by atoms with E-state index >= 15 is 0 Å². The first-order chi connectivity index (χ1) is 11.5. The van der Waals surface area contributed by atoms with Crippen LogP contribution in [0.15, 0.2) is 30.3 Å². The van der Waals surface area contributed by atoms with Crippen molar-refractivity contribution >= 4 is 35.5 Å². The maximum absolute atomic E-state index is 12.0. The molecule has 0 spiro atoms. The summed E-state index contributed by atoms with van der Waals surface area (Å²) in [5, 5.41) is 0.565. The van der Waals surface area contributed by atoms with E-state index in [1.54, 1.807) is 30.3 Å². The highest BCUT2D eigenvalue weighted by molar-refractivity contribution is 6.30. The number of rotatable bonds is 5. The number of nitrogens with zero attached hydrogens (tertiary/aromatic N) is 1. The van der Waals surface area contributed by atoms with Crippen molar-refractivity contribution in [3.05, 3.63) is 40.9 Å². The zero-order valence-corrected chi connectivity index (χ0v) is 13.9. The second-order valence-electron chi connectivity index (χ2n) is 5.58. The summed E-state index contributed by atoms with van der Waals surface area (Å²) in [6.07, 6.45) is 4.19. The summed E-state index contributed by atoms with van der Waals surface area (Å²) in [7, 11) is 0. The van der Waals surface area contributed by atoms with Crippen LogP contribution in [0.25, 0.3) is 6.08 Å². The van der Waals surface area contributed by atoms with Crippen molar-refractivity contribution < 1.29 is 19.1 Å². The van der Waals surface area contributed by atoms with E-state index in [1.807, 2.05) is 0 Å².